The Kier molecular flexibility index (Phi) is 4.90. The lowest BCUT2D eigenvalue weighted by molar-refractivity contribution is 0.413. The normalized spacial score (nSPS) is 11.2. The van der Waals surface area contributed by atoms with E-state index in [4.69, 9.17) is 15.2 Å². The van der Waals surface area contributed by atoms with Crippen LogP contribution in [-0.2, 0) is 0 Å². The Morgan fingerprint density at radius 2 is 1.85 bits per heavy atom. The molecular weight excluding hydrogens is 272 g/mol. The highest BCUT2D eigenvalue weighted by Gasteiger charge is 2.07. The number of nitrogens with two attached hydrogens (primary N) is 1. The summed E-state index contributed by atoms with van der Waals surface area (Å²) in [5, 5.41) is 0.469. The topological polar surface area (TPSA) is 56.8 Å². The fourth-order valence-electron chi connectivity index (χ4n) is 1.58. The van der Waals surface area contributed by atoms with Crippen molar-refractivity contribution in [2.45, 2.75) is 0 Å². The molecule has 0 aliphatic rings. The van der Waals surface area contributed by atoms with E-state index in [0.29, 0.717) is 22.4 Å². The molecule has 0 aliphatic heterocycles. The van der Waals surface area contributed by atoms with Crippen LogP contribution < -0.4 is 15.2 Å². The lowest BCUT2D eigenvalue weighted by Crippen LogP contribution is -2.04. The van der Waals surface area contributed by atoms with Gasteiger partial charge >= 0.3 is 0 Å². The predicted octanol–water partition coefficient (Wildman–Crippen LogP) is 3.80. The van der Waals surface area contributed by atoms with Gasteiger partial charge in [-0.1, -0.05) is 30.0 Å². The number of aliphatic imine (C=N–C) groups is 1. The van der Waals surface area contributed by atoms with E-state index in [0.717, 1.165) is 5.75 Å². The molecule has 0 spiro atoms. The van der Waals surface area contributed by atoms with Crippen molar-refractivity contribution in [1.29, 1.82) is 0 Å². The number of hydrogen-bond acceptors (Lipinski definition) is 4. The summed E-state index contributed by atoms with van der Waals surface area (Å²) in [6.45, 7) is 0. The second-order valence-electron chi connectivity index (χ2n) is 3.90. The van der Waals surface area contributed by atoms with Crippen molar-refractivity contribution in [3.8, 4) is 17.2 Å². The first-order chi connectivity index (χ1) is 9.72. The molecule has 0 fully saturated rings. The summed E-state index contributed by atoms with van der Waals surface area (Å²) in [4.78, 5) is 4.33. The molecule has 5 heteroatoms. The van der Waals surface area contributed by atoms with Gasteiger partial charge in [-0.25, -0.2) is 4.99 Å². The van der Waals surface area contributed by atoms with Crippen LogP contribution in [0.1, 0.15) is 0 Å². The summed E-state index contributed by atoms with van der Waals surface area (Å²) in [5.74, 6) is 2.09. The van der Waals surface area contributed by atoms with E-state index < -0.39 is 0 Å². The van der Waals surface area contributed by atoms with Crippen molar-refractivity contribution < 1.29 is 9.47 Å². The molecule has 0 unspecified atom stereocenters. The zero-order valence-corrected chi connectivity index (χ0v) is 12.2. The molecule has 104 valence electrons. The molecule has 0 bridgehead atoms. The molecule has 2 aromatic rings. The second kappa shape index (κ2) is 6.86. The van der Waals surface area contributed by atoms with Crippen LogP contribution in [0.3, 0.4) is 0 Å². The third-order valence-electron chi connectivity index (χ3n) is 2.58. The van der Waals surface area contributed by atoms with Gasteiger partial charge in [0, 0.05) is 6.07 Å². The van der Waals surface area contributed by atoms with Crippen molar-refractivity contribution >= 4 is 22.6 Å². The molecule has 0 aliphatic carbocycles. The Balaban J connectivity index is 2.36. The third-order valence-corrected chi connectivity index (χ3v) is 3.09. The minimum atomic E-state index is 0.469. The molecule has 2 rings (SSSR count). The SMILES string of the molecule is COc1ccc(Oc2ccccc2)c(N=C(N)SC)c1. The van der Waals surface area contributed by atoms with Gasteiger partial charge in [-0.15, -0.1) is 0 Å². The van der Waals surface area contributed by atoms with Crippen LogP contribution in [0.15, 0.2) is 53.5 Å². The highest BCUT2D eigenvalue weighted by molar-refractivity contribution is 8.13. The summed E-state index contributed by atoms with van der Waals surface area (Å²) in [5.41, 5.74) is 6.41. The Bertz CT molecular complexity index is 600. The maximum atomic E-state index is 5.83. The Morgan fingerprint density at radius 3 is 2.50 bits per heavy atom. The second-order valence-corrected chi connectivity index (χ2v) is 4.73. The van der Waals surface area contributed by atoms with Gasteiger partial charge < -0.3 is 15.2 Å². The Morgan fingerprint density at radius 1 is 1.10 bits per heavy atom. The summed E-state index contributed by atoms with van der Waals surface area (Å²) >= 11 is 1.38. The average Bonchev–Trinajstić information content (AvgIpc) is 2.50. The van der Waals surface area contributed by atoms with E-state index in [1.54, 1.807) is 13.2 Å². The van der Waals surface area contributed by atoms with Crippen LogP contribution >= 0.6 is 11.8 Å². The van der Waals surface area contributed by atoms with Crippen molar-refractivity contribution in [3.05, 3.63) is 48.5 Å². The van der Waals surface area contributed by atoms with Gasteiger partial charge in [-0.2, -0.15) is 0 Å². The van der Waals surface area contributed by atoms with E-state index in [9.17, 15) is 0 Å². The molecule has 0 aromatic heterocycles. The van der Waals surface area contributed by atoms with E-state index in [2.05, 4.69) is 4.99 Å². The molecule has 0 amide bonds. The van der Waals surface area contributed by atoms with Crippen molar-refractivity contribution in [2.24, 2.45) is 10.7 Å². The number of ether oxygens (including phenoxy) is 2. The summed E-state index contributed by atoms with van der Waals surface area (Å²) in [6, 6.07) is 15.0. The van der Waals surface area contributed by atoms with E-state index in [1.165, 1.54) is 11.8 Å². The zero-order chi connectivity index (χ0) is 14.4. The van der Waals surface area contributed by atoms with Gasteiger partial charge in [0.2, 0.25) is 0 Å². The molecule has 0 heterocycles. The number of rotatable bonds is 4. The molecule has 0 atom stereocenters. The highest BCUT2D eigenvalue weighted by atomic mass is 32.2. The average molecular weight is 288 g/mol. The molecule has 0 radical (unpaired) electrons. The number of para-hydroxylation sites is 1. The van der Waals surface area contributed by atoms with Crippen LogP contribution in [0.5, 0.6) is 17.2 Å². The van der Waals surface area contributed by atoms with Crippen LogP contribution in [0.2, 0.25) is 0 Å². The minimum absolute atomic E-state index is 0.469. The number of benzene rings is 2. The predicted molar refractivity (Wildman–Crippen MR) is 84.3 cm³/mol. The molecule has 4 nitrogen and oxygen atoms in total. The maximum absolute atomic E-state index is 5.83. The van der Waals surface area contributed by atoms with Crippen molar-refractivity contribution in [1.82, 2.24) is 0 Å². The number of nitrogens with zero attached hydrogens (tertiary/aromatic N) is 1. The molecule has 0 saturated carbocycles. The monoisotopic (exact) mass is 288 g/mol. The first-order valence-corrected chi connectivity index (χ1v) is 7.24. The maximum Gasteiger partial charge on any atom is 0.159 e. The van der Waals surface area contributed by atoms with E-state index in [-0.39, 0.29) is 0 Å². The van der Waals surface area contributed by atoms with Crippen LogP contribution in [0, 0.1) is 0 Å². The zero-order valence-electron chi connectivity index (χ0n) is 11.4. The van der Waals surface area contributed by atoms with Gasteiger partial charge in [0.1, 0.15) is 17.2 Å². The molecule has 20 heavy (non-hydrogen) atoms. The van der Waals surface area contributed by atoms with E-state index in [1.807, 2.05) is 48.7 Å². The Labute approximate surface area is 122 Å². The minimum Gasteiger partial charge on any atom is -0.497 e. The molecule has 2 aromatic carbocycles. The molecular formula is C15H16N2O2S. The first-order valence-electron chi connectivity index (χ1n) is 6.02. The van der Waals surface area contributed by atoms with Gasteiger partial charge in [-0.05, 0) is 30.5 Å². The number of thioether (sulfide) groups is 1. The van der Waals surface area contributed by atoms with Crippen molar-refractivity contribution in [2.75, 3.05) is 13.4 Å². The number of hydrogen-bond donors (Lipinski definition) is 1. The highest BCUT2D eigenvalue weighted by Crippen LogP contribution is 2.35. The largest absolute Gasteiger partial charge is 0.497 e. The van der Waals surface area contributed by atoms with Gasteiger partial charge in [0.25, 0.3) is 0 Å². The lowest BCUT2D eigenvalue weighted by atomic mass is 10.2. The number of methoxy groups -OCH3 is 1. The first kappa shape index (κ1) is 14.3. The van der Waals surface area contributed by atoms with E-state index >= 15 is 0 Å². The fraction of sp³-hybridized carbons (Fsp3) is 0.133. The fourth-order valence-corrected chi connectivity index (χ4v) is 1.77. The van der Waals surface area contributed by atoms with Crippen LogP contribution in [0.4, 0.5) is 5.69 Å². The standard InChI is InChI=1S/C15H16N2O2S/c1-18-12-8-9-14(13(10-12)17-15(16)20-2)19-11-6-4-3-5-7-11/h3-10H,1-2H3,(H2,16,17). The van der Waals surface area contributed by atoms with Gasteiger partial charge in [-0.3, -0.25) is 0 Å². The van der Waals surface area contributed by atoms with Crippen molar-refractivity contribution in [3.63, 3.8) is 0 Å². The Hall–Kier alpha value is -2.14. The van der Waals surface area contributed by atoms with Gasteiger partial charge in [0.05, 0.1) is 7.11 Å². The molecule has 0 saturated heterocycles. The molecule has 2 N–H and O–H groups in total. The van der Waals surface area contributed by atoms with Crippen LogP contribution in [0.25, 0.3) is 0 Å². The summed E-state index contributed by atoms with van der Waals surface area (Å²) in [6.07, 6.45) is 1.87. The summed E-state index contributed by atoms with van der Waals surface area (Å²) < 4.78 is 11.0. The van der Waals surface area contributed by atoms with Crippen LogP contribution in [-0.4, -0.2) is 18.5 Å². The number of amidine groups is 1. The summed E-state index contributed by atoms with van der Waals surface area (Å²) in [7, 11) is 1.61. The lowest BCUT2D eigenvalue weighted by Gasteiger charge is -2.10. The smallest absolute Gasteiger partial charge is 0.159 e. The van der Waals surface area contributed by atoms with Gasteiger partial charge in [0.15, 0.2) is 10.9 Å². The quantitative estimate of drug-likeness (QED) is 0.687. The third kappa shape index (κ3) is 3.68.